The first-order valence-electron chi connectivity index (χ1n) is 9.30. The Morgan fingerprint density at radius 2 is 1.96 bits per heavy atom. The minimum Gasteiger partial charge on any atom is -0.508 e. The number of nitrogens with one attached hydrogen (secondary N) is 1. The van der Waals surface area contributed by atoms with Crippen LogP contribution in [0.1, 0.15) is 10.4 Å². The molecular weight excluding hydrogens is 358 g/mol. The molecule has 8 heteroatoms. The molecule has 1 amide bonds. The van der Waals surface area contributed by atoms with E-state index in [2.05, 4.69) is 20.1 Å². The van der Waals surface area contributed by atoms with Gasteiger partial charge in [-0.05, 0) is 30.3 Å². The minimum absolute atomic E-state index is 0.0137. The van der Waals surface area contributed by atoms with Gasteiger partial charge in [0.2, 0.25) is 0 Å². The highest BCUT2D eigenvalue weighted by molar-refractivity contribution is 6.06. The lowest BCUT2D eigenvalue weighted by Gasteiger charge is -2.34. The fourth-order valence-corrected chi connectivity index (χ4v) is 3.45. The van der Waals surface area contributed by atoms with Crippen LogP contribution in [0, 0.1) is 0 Å². The molecule has 1 aliphatic rings. The summed E-state index contributed by atoms with van der Waals surface area (Å²) in [6, 6.07) is 8.58. The first-order valence-corrected chi connectivity index (χ1v) is 9.30. The van der Waals surface area contributed by atoms with Crippen molar-refractivity contribution in [2.24, 2.45) is 0 Å². The van der Waals surface area contributed by atoms with E-state index < -0.39 is 0 Å². The van der Waals surface area contributed by atoms with E-state index in [-0.39, 0.29) is 11.7 Å². The van der Waals surface area contributed by atoms with Crippen LogP contribution in [-0.2, 0) is 4.74 Å². The third kappa shape index (κ3) is 3.69. The molecule has 8 nitrogen and oxygen atoms in total. The van der Waals surface area contributed by atoms with Gasteiger partial charge in [-0.2, -0.15) is 5.10 Å². The van der Waals surface area contributed by atoms with Gasteiger partial charge in [0.05, 0.1) is 29.4 Å². The van der Waals surface area contributed by atoms with E-state index in [1.807, 2.05) is 11.0 Å². The molecule has 0 atom stereocenters. The van der Waals surface area contributed by atoms with E-state index in [9.17, 15) is 9.90 Å². The summed E-state index contributed by atoms with van der Waals surface area (Å²) in [5.74, 6) is 0.175. The van der Waals surface area contributed by atoms with Crippen molar-refractivity contribution in [1.82, 2.24) is 25.0 Å². The number of phenols is 1. The molecule has 0 bridgehead atoms. The summed E-state index contributed by atoms with van der Waals surface area (Å²) < 4.78 is 5.13. The maximum atomic E-state index is 13.2. The van der Waals surface area contributed by atoms with Gasteiger partial charge in [-0.1, -0.05) is 0 Å². The third-order valence-corrected chi connectivity index (χ3v) is 5.09. The van der Waals surface area contributed by atoms with E-state index in [1.165, 1.54) is 0 Å². The zero-order valence-corrected chi connectivity index (χ0v) is 15.8. The molecule has 1 aliphatic heterocycles. The molecule has 1 saturated heterocycles. The van der Waals surface area contributed by atoms with Crippen LogP contribution in [0.4, 0.5) is 0 Å². The van der Waals surface area contributed by atoms with Gasteiger partial charge in [0.1, 0.15) is 5.75 Å². The van der Waals surface area contributed by atoms with Gasteiger partial charge in [0, 0.05) is 45.4 Å². The number of hydrogen-bond donors (Lipinski definition) is 2. The van der Waals surface area contributed by atoms with Crippen molar-refractivity contribution in [3.05, 3.63) is 42.1 Å². The average molecular weight is 381 g/mol. The number of rotatable bonds is 5. The van der Waals surface area contributed by atoms with E-state index in [0.717, 1.165) is 25.2 Å². The Hall–Kier alpha value is -2.97. The Kier molecular flexibility index (Phi) is 5.23. The van der Waals surface area contributed by atoms with Gasteiger partial charge < -0.3 is 14.7 Å². The predicted molar refractivity (Wildman–Crippen MR) is 105 cm³/mol. The van der Waals surface area contributed by atoms with Gasteiger partial charge in [-0.3, -0.25) is 14.8 Å². The molecule has 0 radical (unpaired) electrons. The van der Waals surface area contributed by atoms with Crippen LogP contribution >= 0.6 is 0 Å². The smallest absolute Gasteiger partial charge is 0.254 e. The first-order chi connectivity index (χ1) is 13.7. The summed E-state index contributed by atoms with van der Waals surface area (Å²) in [7, 11) is 1.70. The maximum absolute atomic E-state index is 13.2. The number of fused-ring (bicyclic) bond motifs is 1. The van der Waals surface area contributed by atoms with Gasteiger partial charge in [-0.15, -0.1) is 0 Å². The molecule has 1 fully saturated rings. The molecule has 0 unspecified atom stereocenters. The second-order valence-corrected chi connectivity index (χ2v) is 6.86. The average Bonchev–Trinajstić information content (AvgIpc) is 3.20. The third-order valence-electron chi connectivity index (χ3n) is 5.09. The number of benzene rings is 1. The highest BCUT2D eigenvalue weighted by Crippen LogP contribution is 2.26. The van der Waals surface area contributed by atoms with Gasteiger partial charge in [0.15, 0.2) is 5.65 Å². The van der Waals surface area contributed by atoms with Crippen molar-refractivity contribution in [2.75, 3.05) is 46.4 Å². The van der Waals surface area contributed by atoms with E-state index in [4.69, 9.17) is 4.74 Å². The quantitative estimate of drug-likeness (QED) is 0.699. The summed E-state index contributed by atoms with van der Waals surface area (Å²) in [5, 5.41) is 17.2. The lowest BCUT2D eigenvalue weighted by atomic mass is 10.1. The number of aromatic amines is 1. The van der Waals surface area contributed by atoms with Crippen LogP contribution < -0.4 is 0 Å². The highest BCUT2D eigenvalue weighted by atomic mass is 16.5. The fourth-order valence-electron chi connectivity index (χ4n) is 3.45. The number of aromatic nitrogens is 3. The standard InChI is InChI=1S/C20H23N5O3/c1-28-11-10-24-6-8-25(9-7-24)20(27)16-12-18(14-2-4-15(26)5-3-14)22-19-17(16)13-21-23-19/h2-5,12-13,26H,6-11H2,1H3,(H,21,22,23). The van der Waals surface area contributed by atoms with E-state index in [1.54, 1.807) is 37.6 Å². The van der Waals surface area contributed by atoms with Crippen LogP contribution in [-0.4, -0.2) is 82.4 Å². The number of amides is 1. The molecule has 2 aromatic heterocycles. The molecule has 146 valence electrons. The summed E-state index contributed by atoms with van der Waals surface area (Å²) in [6.45, 7) is 4.60. The zero-order valence-electron chi connectivity index (χ0n) is 15.8. The van der Waals surface area contributed by atoms with Gasteiger partial charge in [-0.25, -0.2) is 4.98 Å². The normalized spacial score (nSPS) is 15.2. The van der Waals surface area contributed by atoms with Crippen molar-refractivity contribution in [1.29, 1.82) is 0 Å². The number of phenolic OH excluding ortho intramolecular Hbond substituents is 1. The largest absolute Gasteiger partial charge is 0.508 e. The number of piperazine rings is 1. The number of aromatic hydroxyl groups is 1. The monoisotopic (exact) mass is 381 g/mol. The molecule has 0 saturated carbocycles. The van der Waals surface area contributed by atoms with E-state index in [0.29, 0.717) is 42.0 Å². The van der Waals surface area contributed by atoms with Crippen molar-refractivity contribution in [2.45, 2.75) is 0 Å². The van der Waals surface area contributed by atoms with Crippen LogP contribution in [0.15, 0.2) is 36.5 Å². The first kappa shape index (κ1) is 18.4. The molecule has 0 spiro atoms. The Balaban J connectivity index is 1.60. The second kappa shape index (κ2) is 7.95. The van der Waals surface area contributed by atoms with Crippen molar-refractivity contribution < 1.29 is 14.6 Å². The van der Waals surface area contributed by atoms with Crippen LogP contribution in [0.2, 0.25) is 0 Å². The number of hydrogen-bond acceptors (Lipinski definition) is 6. The summed E-state index contributed by atoms with van der Waals surface area (Å²) in [5.41, 5.74) is 2.66. The number of ether oxygens (including phenoxy) is 1. The molecule has 3 heterocycles. The Bertz CT molecular complexity index is 962. The lowest BCUT2D eigenvalue weighted by Crippen LogP contribution is -2.49. The number of H-pyrrole nitrogens is 1. The van der Waals surface area contributed by atoms with Gasteiger partial charge in [0.25, 0.3) is 5.91 Å². The summed E-state index contributed by atoms with van der Waals surface area (Å²) >= 11 is 0. The lowest BCUT2D eigenvalue weighted by molar-refractivity contribution is 0.0596. The summed E-state index contributed by atoms with van der Waals surface area (Å²) in [6.07, 6.45) is 1.64. The Morgan fingerprint density at radius 3 is 2.68 bits per heavy atom. The SMILES string of the molecule is COCCN1CCN(C(=O)c2cc(-c3ccc(O)cc3)nc3[nH]ncc23)CC1. The zero-order chi connectivity index (χ0) is 19.5. The number of methoxy groups -OCH3 is 1. The maximum Gasteiger partial charge on any atom is 0.254 e. The highest BCUT2D eigenvalue weighted by Gasteiger charge is 2.24. The molecule has 28 heavy (non-hydrogen) atoms. The van der Waals surface area contributed by atoms with Crippen molar-refractivity contribution in [3.63, 3.8) is 0 Å². The Morgan fingerprint density at radius 1 is 1.21 bits per heavy atom. The molecule has 3 aromatic rings. The number of nitrogens with zero attached hydrogens (tertiary/aromatic N) is 4. The van der Waals surface area contributed by atoms with Crippen molar-refractivity contribution in [3.8, 4) is 17.0 Å². The molecule has 4 rings (SSSR count). The van der Waals surface area contributed by atoms with Crippen LogP contribution in [0.3, 0.4) is 0 Å². The predicted octanol–water partition coefficient (Wildman–Crippen LogP) is 1.73. The second-order valence-electron chi connectivity index (χ2n) is 6.86. The fraction of sp³-hybridized carbons (Fsp3) is 0.350. The molecule has 2 N–H and O–H groups in total. The number of carbonyl (C=O) groups is 1. The Labute approximate surface area is 162 Å². The minimum atomic E-state index is -0.0137. The van der Waals surface area contributed by atoms with Crippen molar-refractivity contribution >= 4 is 16.9 Å². The van der Waals surface area contributed by atoms with Crippen LogP contribution in [0.5, 0.6) is 5.75 Å². The van der Waals surface area contributed by atoms with E-state index >= 15 is 0 Å². The molecular formula is C20H23N5O3. The van der Waals surface area contributed by atoms with Gasteiger partial charge >= 0.3 is 0 Å². The molecule has 1 aromatic carbocycles. The van der Waals surface area contributed by atoms with Crippen LogP contribution in [0.25, 0.3) is 22.3 Å². The molecule has 0 aliphatic carbocycles. The summed E-state index contributed by atoms with van der Waals surface area (Å²) in [4.78, 5) is 22.0. The number of pyridine rings is 1. The topological polar surface area (TPSA) is 94.6 Å². The number of carbonyl (C=O) groups excluding carboxylic acids is 1.